The summed E-state index contributed by atoms with van der Waals surface area (Å²) in [6, 6.07) is 5.79. The lowest BCUT2D eigenvalue weighted by Crippen LogP contribution is -2.03. The summed E-state index contributed by atoms with van der Waals surface area (Å²) in [5, 5.41) is 3.16. The third-order valence-electron chi connectivity index (χ3n) is 2.59. The number of aromatic nitrogens is 2. The zero-order valence-electron chi connectivity index (χ0n) is 8.25. The summed E-state index contributed by atoms with van der Waals surface area (Å²) < 4.78 is 0. The van der Waals surface area contributed by atoms with Gasteiger partial charge in [-0.1, -0.05) is 6.07 Å². The summed E-state index contributed by atoms with van der Waals surface area (Å²) in [5.41, 5.74) is 3.73. The molecule has 1 aliphatic rings. The van der Waals surface area contributed by atoms with Crippen molar-refractivity contribution in [3.63, 3.8) is 0 Å². The van der Waals surface area contributed by atoms with Crippen LogP contribution >= 0.6 is 11.6 Å². The van der Waals surface area contributed by atoms with Crippen LogP contribution in [0.2, 0.25) is 5.28 Å². The van der Waals surface area contributed by atoms with Gasteiger partial charge in [0.2, 0.25) is 5.91 Å². The highest BCUT2D eigenvalue weighted by Crippen LogP contribution is 2.28. The second-order valence-corrected chi connectivity index (χ2v) is 4.04. The fourth-order valence-corrected chi connectivity index (χ4v) is 1.99. The van der Waals surface area contributed by atoms with E-state index < -0.39 is 0 Å². The molecule has 0 spiro atoms. The van der Waals surface area contributed by atoms with E-state index in [1.165, 1.54) is 0 Å². The number of aromatic amines is 1. The Bertz CT molecular complexity index is 576. The Hall–Kier alpha value is -1.81. The van der Waals surface area contributed by atoms with Crippen molar-refractivity contribution in [1.82, 2.24) is 9.97 Å². The van der Waals surface area contributed by atoms with Crippen LogP contribution < -0.4 is 5.32 Å². The standard InChI is InChI=1S/C11H8ClN3O/c12-11-13-5-9(15-11)6-1-2-8-7(3-6)4-10(16)14-8/h1-3,5H,4H2,(H,13,15)(H,14,16). The summed E-state index contributed by atoms with van der Waals surface area (Å²) in [6.07, 6.45) is 2.11. The molecule has 0 fully saturated rings. The van der Waals surface area contributed by atoms with Crippen molar-refractivity contribution in [1.29, 1.82) is 0 Å². The maximum atomic E-state index is 11.2. The summed E-state index contributed by atoms with van der Waals surface area (Å²) >= 11 is 5.72. The molecule has 80 valence electrons. The lowest BCUT2D eigenvalue weighted by Gasteiger charge is -2.01. The quantitative estimate of drug-likeness (QED) is 0.794. The second kappa shape index (κ2) is 3.35. The van der Waals surface area contributed by atoms with Crippen LogP contribution in [0.25, 0.3) is 11.3 Å². The minimum absolute atomic E-state index is 0.0368. The summed E-state index contributed by atoms with van der Waals surface area (Å²) in [4.78, 5) is 18.1. The van der Waals surface area contributed by atoms with Gasteiger partial charge in [0.05, 0.1) is 18.3 Å². The number of rotatable bonds is 1. The van der Waals surface area contributed by atoms with E-state index in [1.807, 2.05) is 18.2 Å². The Morgan fingerprint density at radius 2 is 2.25 bits per heavy atom. The number of nitrogens with zero attached hydrogens (tertiary/aromatic N) is 1. The van der Waals surface area contributed by atoms with Gasteiger partial charge in [0.25, 0.3) is 0 Å². The van der Waals surface area contributed by atoms with Gasteiger partial charge in [0.1, 0.15) is 0 Å². The monoisotopic (exact) mass is 233 g/mol. The molecule has 1 aromatic heterocycles. The third kappa shape index (κ3) is 1.47. The number of nitrogens with one attached hydrogen (secondary N) is 2. The summed E-state index contributed by atoms with van der Waals surface area (Å²) in [6.45, 7) is 0. The number of fused-ring (bicyclic) bond motifs is 1. The third-order valence-corrected chi connectivity index (χ3v) is 2.78. The zero-order valence-corrected chi connectivity index (χ0v) is 9.01. The van der Waals surface area contributed by atoms with Crippen LogP contribution in [0.15, 0.2) is 24.4 Å². The molecule has 0 aliphatic carbocycles. The van der Waals surface area contributed by atoms with Gasteiger partial charge in [-0.3, -0.25) is 4.79 Å². The maximum absolute atomic E-state index is 11.2. The van der Waals surface area contributed by atoms with E-state index in [0.717, 1.165) is 22.5 Å². The zero-order chi connectivity index (χ0) is 11.1. The van der Waals surface area contributed by atoms with Crippen LogP contribution in [0.4, 0.5) is 5.69 Å². The number of halogens is 1. The molecular formula is C11H8ClN3O. The Morgan fingerprint density at radius 1 is 1.38 bits per heavy atom. The van der Waals surface area contributed by atoms with Gasteiger partial charge in [-0.05, 0) is 29.3 Å². The molecule has 0 saturated carbocycles. The number of benzene rings is 1. The number of H-pyrrole nitrogens is 1. The molecule has 5 heteroatoms. The van der Waals surface area contributed by atoms with Crippen LogP contribution in [0.5, 0.6) is 0 Å². The van der Waals surface area contributed by atoms with Crippen molar-refractivity contribution in [3.05, 3.63) is 35.2 Å². The van der Waals surface area contributed by atoms with Crippen LogP contribution in [0.1, 0.15) is 5.56 Å². The van der Waals surface area contributed by atoms with Gasteiger partial charge in [-0.2, -0.15) is 0 Å². The normalized spacial score (nSPS) is 13.7. The predicted octanol–water partition coefficient (Wildman–Crippen LogP) is 2.22. The van der Waals surface area contributed by atoms with E-state index in [1.54, 1.807) is 6.20 Å². The minimum atomic E-state index is 0.0368. The topological polar surface area (TPSA) is 57.8 Å². The van der Waals surface area contributed by atoms with E-state index >= 15 is 0 Å². The molecule has 1 amide bonds. The first-order valence-corrected chi connectivity index (χ1v) is 5.24. The molecule has 4 nitrogen and oxygen atoms in total. The van der Waals surface area contributed by atoms with E-state index in [4.69, 9.17) is 11.6 Å². The first kappa shape index (κ1) is 9.42. The smallest absolute Gasteiger partial charge is 0.228 e. The Morgan fingerprint density at radius 3 is 3.00 bits per heavy atom. The van der Waals surface area contributed by atoms with Crippen molar-refractivity contribution >= 4 is 23.2 Å². The number of carbonyl (C=O) groups excluding carboxylic acids is 1. The van der Waals surface area contributed by atoms with Crippen molar-refractivity contribution in [2.75, 3.05) is 5.32 Å². The van der Waals surface area contributed by atoms with E-state index in [-0.39, 0.29) is 5.91 Å². The van der Waals surface area contributed by atoms with Crippen molar-refractivity contribution < 1.29 is 4.79 Å². The molecule has 1 aromatic carbocycles. The highest BCUT2D eigenvalue weighted by atomic mass is 35.5. The number of carbonyl (C=O) groups is 1. The molecule has 3 rings (SSSR count). The van der Waals surface area contributed by atoms with Crippen LogP contribution in [0.3, 0.4) is 0 Å². The summed E-state index contributed by atoms with van der Waals surface area (Å²) in [5.74, 6) is 0.0368. The van der Waals surface area contributed by atoms with Gasteiger partial charge < -0.3 is 10.3 Å². The SMILES string of the molecule is O=C1Cc2cc(-c3cnc(Cl)[nH]3)ccc2N1. The number of hydrogen-bond acceptors (Lipinski definition) is 2. The number of amides is 1. The molecule has 2 heterocycles. The highest BCUT2D eigenvalue weighted by Gasteiger charge is 2.17. The molecular weight excluding hydrogens is 226 g/mol. The lowest BCUT2D eigenvalue weighted by atomic mass is 10.1. The van der Waals surface area contributed by atoms with E-state index in [0.29, 0.717) is 11.7 Å². The average Bonchev–Trinajstić information content (AvgIpc) is 2.81. The van der Waals surface area contributed by atoms with Gasteiger partial charge in [0.15, 0.2) is 5.28 Å². The summed E-state index contributed by atoms with van der Waals surface area (Å²) in [7, 11) is 0. The lowest BCUT2D eigenvalue weighted by molar-refractivity contribution is -0.115. The number of anilines is 1. The Balaban J connectivity index is 2.05. The van der Waals surface area contributed by atoms with Crippen LogP contribution in [0, 0.1) is 0 Å². The fraction of sp³-hybridized carbons (Fsp3) is 0.0909. The van der Waals surface area contributed by atoms with Crippen LogP contribution in [-0.4, -0.2) is 15.9 Å². The molecule has 2 aromatic rings. The largest absolute Gasteiger partial charge is 0.329 e. The average molecular weight is 234 g/mol. The Labute approximate surface area is 96.7 Å². The first-order valence-electron chi connectivity index (χ1n) is 4.86. The molecule has 0 unspecified atom stereocenters. The minimum Gasteiger partial charge on any atom is -0.329 e. The second-order valence-electron chi connectivity index (χ2n) is 3.68. The van der Waals surface area contributed by atoms with Crippen molar-refractivity contribution in [3.8, 4) is 11.3 Å². The molecule has 0 bridgehead atoms. The molecule has 2 N–H and O–H groups in total. The first-order chi connectivity index (χ1) is 7.72. The molecule has 16 heavy (non-hydrogen) atoms. The van der Waals surface area contributed by atoms with Gasteiger partial charge >= 0.3 is 0 Å². The molecule has 1 aliphatic heterocycles. The van der Waals surface area contributed by atoms with Crippen LogP contribution in [-0.2, 0) is 11.2 Å². The Kier molecular flexibility index (Phi) is 1.97. The number of hydrogen-bond donors (Lipinski definition) is 2. The van der Waals surface area contributed by atoms with Gasteiger partial charge in [-0.25, -0.2) is 4.98 Å². The molecule has 0 saturated heterocycles. The predicted molar refractivity (Wildman–Crippen MR) is 61.4 cm³/mol. The highest BCUT2D eigenvalue weighted by molar-refractivity contribution is 6.28. The van der Waals surface area contributed by atoms with E-state index in [9.17, 15) is 4.79 Å². The molecule has 0 radical (unpaired) electrons. The van der Waals surface area contributed by atoms with Gasteiger partial charge in [0, 0.05) is 11.3 Å². The fourth-order valence-electron chi connectivity index (χ4n) is 1.84. The van der Waals surface area contributed by atoms with Crippen molar-refractivity contribution in [2.45, 2.75) is 6.42 Å². The van der Waals surface area contributed by atoms with Crippen molar-refractivity contribution in [2.24, 2.45) is 0 Å². The molecule has 0 atom stereocenters. The maximum Gasteiger partial charge on any atom is 0.228 e. The van der Waals surface area contributed by atoms with Gasteiger partial charge in [-0.15, -0.1) is 0 Å². The van der Waals surface area contributed by atoms with E-state index in [2.05, 4.69) is 15.3 Å². The number of imidazole rings is 1.